The van der Waals surface area contributed by atoms with Gasteiger partial charge in [-0.2, -0.15) is 5.26 Å². The lowest BCUT2D eigenvalue weighted by atomic mass is 9.95. The highest BCUT2D eigenvalue weighted by Crippen LogP contribution is 2.28. The van der Waals surface area contributed by atoms with Gasteiger partial charge in [-0.05, 0) is 70.2 Å². The lowest BCUT2D eigenvalue weighted by molar-refractivity contribution is -0.117. The van der Waals surface area contributed by atoms with Gasteiger partial charge in [0.15, 0.2) is 0 Å². The van der Waals surface area contributed by atoms with E-state index in [0.717, 1.165) is 31.2 Å². The van der Waals surface area contributed by atoms with Crippen LogP contribution in [0.25, 0.3) is 6.08 Å². The molecule has 0 heterocycles. The van der Waals surface area contributed by atoms with Gasteiger partial charge in [-0.1, -0.05) is 37.5 Å². The quantitative estimate of drug-likeness (QED) is 0.423. The molecule has 1 amide bonds. The summed E-state index contributed by atoms with van der Waals surface area (Å²) in [7, 11) is 0. The van der Waals surface area contributed by atoms with Gasteiger partial charge in [0.1, 0.15) is 24.0 Å². The number of hydrogen-bond donors (Lipinski definition) is 2. The van der Waals surface area contributed by atoms with Crippen molar-refractivity contribution >= 4 is 33.9 Å². The lowest BCUT2D eigenvalue weighted by Gasteiger charge is -2.22. The number of ether oxygens (including phenoxy) is 1. The highest BCUT2D eigenvalue weighted by atomic mass is 79.9. The highest BCUT2D eigenvalue weighted by Gasteiger charge is 2.18. The van der Waals surface area contributed by atoms with Crippen molar-refractivity contribution in [3.05, 3.63) is 69.2 Å². The summed E-state index contributed by atoms with van der Waals surface area (Å²) in [6, 6.07) is 13.9. The molecule has 3 rings (SSSR count). The molecule has 160 valence electrons. The lowest BCUT2D eigenvalue weighted by Crippen LogP contribution is -2.36. The van der Waals surface area contributed by atoms with Gasteiger partial charge in [-0.3, -0.25) is 4.79 Å². The van der Waals surface area contributed by atoms with Gasteiger partial charge in [0, 0.05) is 6.04 Å². The number of halogens is 1. The SMILES string of the molecule is N#C/C(=C/c1ccc(OCc2ccc(C(=O)O)cc2)c(Br)c1)C(=O)NC1CCCCC1. The number of nitrogens with one attached hydrogen (secondary N) is 1. The maximum atomic E-state index is 12.4. The number of amides is 1. The summed E-state index contributed by atoms with van der Waals surface area (Å²) in [5, 5.41) is 21.3. The van der Waals surface area contributed by atoms with Crippen molar-refractivity contribution in [1.82, 2.24) is 5.32 Å². The summed E-state index contributed by atoms with van der Waals surface area (Å²) in [5.74, 6) is -0.705. The van der Waals surface area contributed by atoms with Gasteiger partial charge < -0.3 is 15.2 Å². The number of carboxylic acids is 1. The van der Waals surface area contributed by atoms with E-state index in [2.05, 4.69) is 21.2 Å². The second kappa shape index (κ2) is 10.8. The molecule has 1 saturated carbocycles. The number of hydrogen-bond acceptors (Lipinski definition) is 4. The van der Waals surface area contributed by atoms with E-state index in [0.29, 0.717) is 15.8 Å². The Morgan fingerprint density at radius 1 is 1.16 bits per heavy atom. The molecule has 6 nitrogen and oxygen atoms in total. The molecule has 2 aromatic carbocycles. The smallest absolute Gasteiger partial charge is 0.335 e. The Labute approximate surface area is 189 Å². The van der Waals surface area contributed by atoms with Crippen molar-refractivity contribution in [3.63, 3.8) is 0 Å². The minimum absolute atomic E-state index is 0.0738. The molecule has 1 aliphatic carbocycles. The Balaban J connectivity index is 1.63. The van der Waals surface area contributed by atoms with Gasteiger partial charge in [0.25, 0.3) is 5.91 Å². The molecule has 0 unspecified atom stereocenters. The number of carbonyl (C=O) groups excluding carboxylic acids is 1. The number of aromatic carboxylic acids is 1. The number of carboxylic acid groups (broad SMARTS) is 1. The molecule has 0 saturated heterocycles. The van der Waals surface area contributed by atoms with Crippen LogP contribution in [-0.4, -0.2) is 23.0 Å². The molecular weight excluding hydrogens is 460 g/mol. The first-order chi connectivity index (χ1) is 15.0. The molecule has 0 aliphatic heterocycles. The zero-order valence-electron chi connectivity index (χ0n) is 16.9. The normalized spacial score (nSPS) is 14.5. The predicted octanol–water partition coefficient (Wildman–Crippen LogP) is 5.08. The van der Waals surface area contributed by atoms with Crippen LogP contribution < -0.4 is 10.1 Å². The van der Waals surface area contributed by atoms with Crippen LogP contribution in [0.4, 0.5) is 0 Å². The fourth-order valence-electron chi connectivity index (χ4n) is 3.45. The maximum Gasteiger partial charge on any atom is 0.335 e. The molecule has 1 fully saturated rings. The van der Waals surface area contributed by atoms with Crippen molar-refractivity contribution in [1.29, 1.82) is 5.26 Å². The Hall–Kier alpha value is -3.11. The highest BCUT2D eigenvalue weighted by molar-refractivity contribution is 9.10. The zero-order chi connectivity index (χ0) is 22.2. The molecule has 2 aromatic rings. The van der Waals surface area contributed by atoms with Gasteiger partial charge in [-0.15, -0.1) is 0 Å². The monoisotopic (exact) mass is 482 g/mol. The summed E-state index contributed by atoms with van der Waals surface area (Å²) in [5.41, 5.74) is 1.85. The second-order valence-corrected chi connectivity index (χ2v) is 8.31. The van der Waals surface area contributed by atoms with Crippen LogP contribution in [-0.2, 0) is 11.4 Å². The van der Waals surface area contributed by atoms with Crippen LogP contribution >= 0.6 is 15.9 Å². The Bertz CT molecular complexity index is 1020. The van der Waals surface area contributed by atoms with E-state index in [9.17, 15) is 14.9 Å². The molecular formula is C24H23BrN2O4. The van der Waals surface area contributed by atoms with Gasteiger partial charge in [-0.25, -0.2) is 4.79 Å². The van der Waals surface area contributed by atoms with E-state index < -0.39 is 5.97 Å². The first kappa shape index (κ1) is 22.6. The maximum absolute atomic E-state index is 12.4. The topological polar surface area (TPSA) is 99.4 Å². The predicted molar refractivity (Wildman–Crippen MR) is 120 cm³/mol. The van der Waals surface area contributed by atoms with Gasteiger partial charge >= 0.3 is 5.97 Å². The summed E-state index contributed by atoms with van der Waals surface area (Å²) in [6.45, 7) is 0.279. The van der Waals surface area contributed by atoms with Crippen molar-refractivity contribution in [3.8, 4) is 11.8 Å². The van der Waals surface area contributed by atoms with Crippen molar-refractivity contribution in [2.24, 2.45) is 0 Å². The molecule has 1 aliphatic rings. The van der Waals surface area contributed by atoms with Crippen LogP contribution in [0.3, 0.4) is 0 Å². The Morgan fingerprint density at radius 3 is 2.48 bits per heavy atom. The largest absolute Gasteiger partial charge is 0.488 e. The minimum Gasteiger partial charge on any atom is -0.488 e. The third kappa shape index (κ3) is 6.43. The average molecular weight is 483 g/mol. The number of rotatable bonds is 7. The summed E-state index contributed by atoms with van der Waals surface area (Å²) < 4.78 is 6.49. The molecule has 0 radical (unpaired) electrons. The van der Waals surface area contributed by atoms with Gasteiger partial charge in [0.05, 0.1) is 10.0 Å². The summed E-state index contributed by atoms with van der Waals surface area (Å²) in [6.07, 6.45) is 6.90. The van der Waals surface area contributed by atoms with E-state index in [1.807, 2.05) is 6.07 Å². The third-order valence-corrected chi connectivity index (χ3v) is 5.79. The summed E-state index contributed by atoms with van der Waals surface area (Å²) in [4.78, 5) is 23.4. The molecule has 31 heavy (non-hydrogen) atoms. The van der Waals surface area contributed by atoms with E-state index in [4.69, 9.17) is 9.84 Å². The molecule has 0 spiro atoms. The molecule has 7 heteroatoms. The first-order valence-corrected chi connectivity index (χ1v) is 10.9. The molecule has 0 bridgehead atoms. The molecule has 2 N–H and O–H groups in total. The molecule has 0 atom stereocenters. The minimum atomic E-state index is -0.969. The number of benzene rings is 2. The van der Waals surface area contributed by atoms with Crippen LogP contribution in [0.2, 0.25) is 0 Å². The Morgan fingerprint density at radius 2 is 1.87 bits per heavy atom. The third-order valence-electron chi connectivity index (χ3n) is 5.17. The van der Waals surface area contributed by atoms with E-state index in [1.165, 1.54) is 18.6 Å². The average Bonchev–Trinajstić information content (AvgIpc) is 2.77. The number of carbonyl (C=O) groups is 2. The first-order valence-electron chi connectivity index (χ1n) is 10.1. The van der Waals surface area contributed by atoms with Crippen molar-refractivity contribution in [2.45, 2.75) is 44.8 Å². The molecule has 0 aromatic heterocycles. The van der Waals surface area contributed by atoms with E-state index in [-0.39, 0.29) is 29.7 Å². The standard InChI is InChI=1S/C24H23BrN2O4/c25-21-13-17(12-19(14-26)23(28)27-20-4-2-1-3-5-20)8-11-22(21)31-15-16-6-9-18(10-7-16)24(29)30/h6-13,20H,1-5,15H2,(H,27,28)(H,29,30)/b19-12-. The fraction of sp³-hybridized carbons (Fsp3) is 0.292. The number of nitrogens with zero attached hydrogens (tertiary/aromatic N) is 1. The van der Waals surface area contributed by atoms with Crippen LogP contribution in [0.15, 0.2) is 52.5 Å². The Kier molecular flexibility index (Phi) is 7.85. The van der Waals surface area contributed by atoms with Crippen LogP contribution in [0.1, 0.15) is 53.6 Å². The van der Waals surface area contributed by atoms with Crippen molar-refractivity contribution in [2.75, 3.05) is 0 Å². The van der Waals surface area contributed by atoms with E-state index >= 15 is 0 Å². The van der Waals surface area contributed by atoms with Crippen LogP contribution in [0.5, 0.6) is 5.75 Å². The van der Waals surface area contributed by atoms with Gasteiger partial charge in [0.2, 0.25) is 0 Å². The zero-order valence-corrected chi connectivity index (χ0v) is 18.5. The van der Waals surface area contributed by atoms with Crippen LogP contribution in [0, 0.1) is 11.3 Å². The second-order valence-electron chi connectivity index (χ2n) is 7.46. The number of nitriles is 1. The van der Waals surface area contributed by atoms with Crippen molar-refractivity contribution < 1.29 is 19.4 Å². The fourth-order valence-corrected chi connectivity index (χ4v) is 3.96. The van der Waals surface area contributed by atoms with E-state index in [1.54, 1.807) is 36.4 Å². The summed E-state index contributed by atoms with van der Waals surface area (Å²) >= 11 is 3.46.